The molecule has 1 atom stereocenters. The molecule has 0 N–H and O–H groups in total. The Balaban J connectivity index is 4.49. The third-order valence-electron chi connectivity index (χ3n) is 2.40. The highest BCUT2D eigenvalue weighted by atomic mass is 16.1. The van der Waals surface area contributed by atoms with E-state index in [2.05, 4.69) is 40.7 Å². The number of rotatable bonds is 4. The van der Waals surface area contributed by atoms with Gasteiger partial charge in [0.1, 0.15) is 0 Å². The van der Waals surface area contributed by atoms with Crippen LogP contribution in [-0.4, -0.2) is 5.78 Å². The van der Waals surface area contributed by atoms with E-state index in [-0.39, 0.29) is 11.2 Å². The van der Waals surface area contributed by atoms with Crippen LogP contribution in [0.5, 0.6) is 0 Å². The number of hydrogen-bond donors (Lipinski definition) is 0. The summed E-state index contributed by atoms with van der Waals surface area (Å²) >= 11 is 0. The van der Waals surface area contributed by atoms with Crippen LogP contribution in [0.1, 0.15) is 48.0 Å². The zero-order valence-corrected chi connectivity index (χ0v) is 10.4. The molecule has 0 aliphatic carbocycles. The van der Waals surface area contributed by atoms with Crippen molar-refractivity contribution in [3.8, 4) is 0 Å². The van der Waals surface area contributed by atoms with E-state index in [1.807, 2.05) is 0 Å². The number of hydrogen-bond acceptors (Lipinski definition) is 1. The molecule has 0 spiro atoms. The summed E-state index contributed by atoms with van der Waals surface area (Å²) in [5.74, 6) is 1.31. The average Bonchev–Trinajstić information content (AvgIpc) is 1.94. The Kier molecular flexibility index (Phi) is 5.11. The van der Waals surface area contributed by atoms with Crippen molar-refractivity contribution >= 4 is 5.78 Å². The monoisotopic (exact) mass is 196 g/mol. The molecule has 82 valence electrons. The van der Waals surface area contributed by atoms with Crippen molar-refractivity contribution in [3.63, 3.8) is 0 Å². The second-order valence-electron chi connectivity index (χ2n) is 5.57. The van der Waals surface area contributed by atoms with Crippen LogP contribution in [-0.2, 0) is 4.79 Å². The molecule has 0 aromatic rings. The van der Waals surface area contributed by atoms with Gasteiger partial charge >= 0.3 is 0 Å². The van der Waals surface area contributed by atoms with Gasteiger partial charge in [0.15, 0.2) is 5.78 Å². The molecule has 0 bridgehead atoms. The van der Waals surface area contributed by atoms with Gasteiger partial charge in [0.2, 0.25) is 0 Å². The van der Waals surface area contributed by atoms with E-state index >= 15 is 0 Å². The molecular formula is C13H24O. The summed E-state index contributed by atoms with van der Waals surface area (Å²) in [4.78, 5) is 10.9. The lowest BCUT2D eigenvalue weighted by Gasteiger charge is -2.29. The van der Waals surface area contributed by atoms with Gasteiger partial charge in [-0.3, -0.25) is 4.79 Å². The first-order valence-corrected chi connectivity index (χ1v) is 5.42. The van der Waals surface area contributed by atoms with Crippen LogP contribution < -0.4 is 0 Å². The quantitative estimate of drug-likeness (QED) is 0.624. The second kappa shape index (κ2) is 5.33. The van der Waals surface area contributed by atoms with Crippen LogP contribution >= 0.6 is 0 Å². The first-order chi connectivity index (χ1) is 6.23. The number of ketones is 1. The summed E-state index contributed by atoms with van der Waals surface area (Å²) < 4.78 is 0. The van der Waals surface area contributed by atoms with Gasteiger partial charge in [0, 0.05) is 0 Å². The van der Waals surface area contributed by atoms with Crippen molar-refractivity contribution in [2.45, 2.75) is 48.0 Å². The van der Waals surface area contributed by atoms with Crippen molar-refractivity contribution in [3.05, 3.63) is 12.2 Å². The van der Waals surface area contributed by atoms with E-state index in [0.717, 1.165) is 6.42 Å². The smallest absolute Gasteiger partial charge is 0.152 e. The van der Waals surface area contributed by atoms with Crippen LogP contribution in [0.25, 0.3) is 0 Å². The molecule has 0 radical (unpaired) electrons. The fourth-order valence-electron chi connectivity index (χ4n) is 1.48. The lowest BCUT2D eigenvalue weighted by atomic mass is 9.76. The van der Waals surface area contributed by atoms with E-state index in [1.54, 1.807) is 13.0 Å². The molecule has 0 aliphatic heterocycles. The fraction of sp³-hybridized carbons (Fsp3) is 0.769. The summed E-state index contributed by atoms with van der Waals surface area (Å²) in [6.45, 7) is 12.7. The minimum atomic E-state index is 0.142. The minimum absolute atomic E-state index is 0.142. The summed E-state index contributed by atoms with van der Waals surface area (Å²) in [6, 6.07) is 0. The SMILES string of the molecule is CC(=O)/C=C/C(CC(C)C)C(C)(C)C. The molecule has 0 aromatic carbocycles. The molecule has 14 heavy (non-hydrogen) atoms. The van der Waals surface area contributed by atoms with Crippen LogP contribution in [0.15, 0.2) is 12.2 Å². The van der Waals surface area contributed by atoms with Crippen molar-refractivity contribution in [1.82, 2.24) is 0 Å². The van der Waals surface area contributed by atoms with Crippen LogP contribution in [0.3, 0.4) is 0 Å². The molecule has 0 aliphatic rings. The lowest BCUT2D eigenvalue weighted by molar-refractivity contribution is -0.112. The molecule has 0 saturated carbocycles. The summed E-state index contributed by atoms with van der Waals surface area (Å²) in [7, 11) is 0. The van der Waals surface area contributed by atoms with Gasteiger partial charge in [0.05, 0.1) is 0 Å². The third-order valence-corrected chi connectivity index (χ3v) is 2.40. The molecule has 0 aromatic heterocycles. The first kappa shape index (κ1) is 13.4. The lowest BCUT2D eigenvalue weighted by Crippen LogP contribution is -2.20. The van der Waals surface area contributed by atoms with Crippen molar-refractivity contribution in [2.24, 2.45) is 17.3 Å². The van der Waals surface area contributed by atoms with Crippen molar-refractivity contribution in [1.29, 1.82) is 0 Å². The standard InChI is InChI=1S/C13H24O/c1-10(2)9-12(13(4,5)6)8-7-11(3)14/h7-8,10,12H,9H2,1-6H3/b8-7+. The van der Waals surface area contributed by atoms with E-state index in [4.69, 9.17) is 0 Å². The molecule has 0 rings (SSSR count). The average molecular weight is 196 g/mol. The molecule has 0 fully saturated rings. The molecule has 1 nitrogen and oxygen atoms in total. The molecule has 1 heteroatoms. The van der Waals surface area contributed by atoms with E-state index in [0.29, 0.717) is 11.8 Å². The Bertz CT molecular complexity index is 206. The highest BCUT2D eigenvalue weighted by molar-refractivity contribution is 5.87. The van der Waals surface area contributed by atoms with E-state index < -0.39 is 0 Å². The van der Waals surface area contributed by atoms with Gasteiger partial charge in [-0.1, -0.05) is 40.7 Å². The zero-order chi connectivity index (χ0) is 11.4. The third kappa shape index (κ3) is 5.95. The van der Waals surface area contributed by atoms with Gasteiger partial charge in [-0.05, 0) is 36.7 Å². The zero-order valence-electron chi connectivity index (χ0n) is 10.4. The Morgan fingerprint density at radius 3 is 2.07 bits per heavy atom. The summed E-state index contributed by atoms with van der Waals surface area (Å²) in [6.07, 6.45) is 4.92. The Morgan fingerprint density at radius 2 is 1.79 bits per heavy atom. The maximum Gasteiger partial charge on any atom is 0.152 e. The van der Waals surface area contributed by atoms with Crippen LogP contribution in [0.4, 0.5) is 0 Å². The molecule has 0 amide bonds. The predicted molar refractivity (Wildman–Crippen MR) is 62.2 cm³/mol. The van der Waals surface area contributed by atoms with E-state index in [1.165, 1.54) is 0 Å². The molecule has 1 unspecified atom stereocenters. The van der Waals surface area contributed by atoms with Gasteiger partial charge in [-0.2, -0.15) is 0 Å². The Hall–Kier alpha value is -0.590. The maximum atomic E-state index is 10.9. The van der Waals surface area contributed by atoms with Gasteiger partial charge < -0.3 is 0 Å². The van der Waals surface area contributed by atoms with Gasteiger partial charge in [-0.25, -0.2) is 0 Å². The van der Waals surface area contributed by atoms with Crippen molar-refractivity contribution in [2.75, 3.05) is 0 Å². The minimum Gasteiger partial charge on any atom is -0.295 e. The Labute approximate surface area is 88.6 Å². The Morgan fingerprint density at radius 1 is 1.29 bits per heavy atom. The number of carbonyl (C=O) groups is 1. The second-order valence-corrected chi connectivity index (χ2v) is 5.57. The van der Waals surface area contributed by atoms with Gasteiger partial charge in [0.25, 0.3) is 0 Å². The highest BCUT2D eigenvalue weighted by Gasteiger charge is 2.22. The largest absolute Gasteiger partial charge is 0.295 e. The van der Waals surface area contributed by atoms with Crippen LogP contribution in [0, 0.1) is 17.3 Å². The molecule has 0 saturated heterocycles. The first-order valence-electron chi connectivity index (χ1n) is 5.42. The number of allylic oxidation sites excluding steroid dienone is 2. The predicted octanol–water partition coefficient (Wildman–Crippen LogP) is 3.84. The van der Waals surface area contributed by atoms with Crippen molar-refractivity contribution < 1.29 is 4.79 Å². The highest BCUT2D eigenvalue weighted by Crippen LogP contribution is 2.32. The maximum absolute atomic E-state index is 10.9. The molecule has 0 heterocycles. The number of carbonyl (C=O) groups excluding carboxylic acids is 1. The summed E-state index contributed by atoms with van der Waals surface area (Å²) in [5.41, 5.74) is 0.246. The van der Waals surface area contributed by atoms with Gasteiger partial charge in [-0.15, -0.1) is 0 Å². The molecular weight excluding hydrogens is 172 g/mol. The van der Waals surface area contributed by atoms with E-state index in [9.17, 15) is 4.79 Å². The normalized spacial score (nSPS) is 15.1. The summed E-state index contributed by atoms with van der Waals surface area (Å²) in [5, 5.41) is 0. The fourth-order valence-corrected chi connectivity index (χ4v) is 1.48. The van der Waals surface area contributed by atoms with Crippen LogP contribution in [0.2, 0.25) is 0 Å². The topological polar surface area (TPSA) is 17.1 Å².